The van der Waals surface area contributed by atoms with Crippen molar-refractivity contribution in [3.8, 4) is 0 Å². The van der Waals surface area contributed by atoms with E-state index in [0.717, 1.165) is 12.8 Å². The Morgan fingerprint density at radius 3 is 2.64 bits per heavy atom. The number of ether oxygens (including phenoxy) is 1. The Morgan fingerprint density at radius 1 is 1.50 bits per heavy atom. The smallest absolute Gasteiger partial charge is 0.330 e. The highest BCUT2D eigenvalue weighted by Crippen LogP contribution is 2.24. The molecule has 0 saturated heterocycles. The lowest BCUT2D eigenvalue weighted by atomic mass is 9.86. The number of esters is 1. The molecule has 0 saturated carbocycles. The molecule has 3 heteroatoms. The predicted molar refractivity (Wildman–Crippen MR) is 55.9 cm³/mol. The van der Waals surface area contributed by atoms with Crippen LogP contribution in [-0.4, -0.2) is 24.3 Å². The first kappa shape index (κ1) is 13.2. The Labute approximate surface area is 85.8 Å². The summed E-state index contributed by atoms with van der Waals surface area (Å²) in [4.78, 5) is 10.9. The molecule has 0 aliphatic carbocycles. The van der Waals surface area contributed by atoms with Crippen molar-refractivity contribution in [2.45, 2.75) is 33.6 Å². The van der Waals surface area contributed by atoms with E-state index in [1.54, 1.807) is 13.0 Å². The van der Waals surface area contributed by atoms with E-state index in [1.807, 2.05) is 0 Å². The van der Waals surface area contributed by atoms with Crippen LogP contribution in [0.3, 0.4) is 0 Å². The standard InChI is InChI=1S/C11H20O3/c1-4-14-10(13)6-5-7-11(2,3)8-9-12/h5-6,12H,4,7-9H2,1-3H3/b6-5+. The molecule has 0 fully saturated rings. The Morgan fingerprint density at radius 2 is 2.14 bits per heavy atom. The summed E-state index contributed by atoms with van der Waals surface area (Å²) in [5.41, 5.74) is 0.0394. The largest absolute Gasteiger partial charge is 0.463 e. The van der Waals surface area contributed by atoms with Crippen molar-refractivity contribution >= 4 is 5.97 Å². The Kier molecular flexibility index (Phi) is 6.21. The number of carbonyl (C=O) groups excluding carboxylic acids is 1. The number of aliphatic hydroxyl groups is 1. The van der Waals surface area contributed by atoms with Gasteiger partial charge in [0, 0.05) is 12.7 Å². The van der Waals surface area contributed by atoms with Gasteiger partial charge in [0.1, 0.15) is 0 Å². The van der Waals surface area contributed by atoms with E-state index in [1.165, 1.54) is 6.08 Å². The average molecular weight is 200 g/mol. The number of hydrogen-bond donors (Lipinski definition) is 1. The summed E-state index contributed by atoms with van der Waals surface area (Å²) < 4.78 is 4.74. The van der Waals surface area contributed by atoms with Crippen LogP contribution in [0.5, 0.6) is 0 Å². The zero-order valence-corrected chi connectivity index (χ0v) is 9.25. The van der Waals surface area contributed by atoms with Gasteiger partial charge in [-0.1, -0.05) is 19.9 Å². The molecule has 0 aromatic carbocycles. The van der Waals surface area contributed by atoms with Gasteiger partial charge in [-0.2, -0.15) is 0 Å². The predicted octanol–water partition coefficient (Wildman–Crippen LogP) is 1.90. The van der Waals surface area contributed by atoms with Crippen LogP contribution in [0.15, 0.2) is 12.2 Å². The maximum Gasteiger partial charge on any atom is 0.330 e. The highest BCUT2D eigenvalue weighted by Gasteiger charge is 2.14. The van der Waals surface area contributed by atoms with Crippen molar-refractivity contribution in [3.05, 3.63) is 12.2 Å². The Bertz CT molecular complexity index is 195. The summed E-state index contributed by atoms with van der Waals surface area (Å²) in [6, 6.07) is 0. The maximum absolute atomic E-state index is 10.9. The molecular weight excluding hydrogens is 180 g/mol. The first-order chi connectivity index (χ1) is 6.52. The van der Waals surface area contributed by atoms with E-state index >= 15 is 0 Å². The molecule has 0 radical (unpaired) electrons. The SMILES string of the molecule is CCOC(=O)/C=C/CC(C)(C)CCO. The van der Waals surface area contributed by atoms with E-state index in [4.69, 9.17) is 9.84 Å². The average Bonchev–Trinajstić information content (AvgIpc) is 2.03. The number of aliphatic hydroxyl groups excluding tert-OH is 1. The zero-order chi connectivity index (χ0) is 11.0. The van der Waals surface area contributed by atoms with Gasteiger partial charge >= 0.3 is 5.97 Å². The van der Waals surface area contributed by atoms with E-state index in [-0.39, 0.29) is 18.0 Å². The van der Waals surface area contributed by atoms with Crippen LogP contribution >= 0.6 is 0 Å². The molecule has 1 N–H and O–H groups in total. The summed E-state index contributed by atoms with van der Waals surface area (Å²) in [6.45, 7) is 6.47. The Hall–Kier alpha value is -0.830. The monoisotopic (exact) mass is 200 g/mol. The molecule has 0 spiro atoms. The molecule has 14 heavy (non-hydrogen) atoms. The van der Waals surface area contributed by atoms with E-state index < -0.39 is 0 Å². The second kappa shape index (κ2) is 6.60. The normalized spacial score (nSPS) is 12.0. The lowest BCUT2D eigenvalue weighted by molar-refractivity contribution is -0.137. The highest BCUT2D eigenvalue weighted by atomic mass is 16.5. The minimum Gasteiger partial charge on any atom is -0.463 e. The van der Waals surface area contributed by atoms with Gasteiger partial charge in [0.25, 0.3) is 0 Å². The van der Waals surface area contributed by atoms with Gasteiger partial charge in [0.2, 0.25) is 0 Å². The molecule has 0 rings (SSSR count). The molecule has 0 unspecified atom stereocenters. The van der Waals surface area contributed by atoms with Crippen LogP contribution in [0, 0.1) is 5.41 Å². The van der Waals surface area contributed by atoms with Gasteiger partial charge in [-0.25, -0.2) is 4.79 Å². The molecule has 3 nitrogen and oxygen atoms in total. The summed E-state index contributed by atoms with van der Waals surface area (Å²) in [5, 5.41) is 8.78. The fourth-order valence-electron chi connectivity index (χ4n) is 1.07. The molecular formula is C11H20O3. The van der Waals surface area contributed by atoms with E-state index in [9.17, 15) is 4.79 Å². The fourth-order valence-corrected chi connectivity index (χ4v) is 1.07. The van der Waals surface area contributed by atoms with Crippen LogP contribution in [0.4, 0.5) is 0 Å². The fraction of sp³-hybridized carbons (Fsp3) is 0.727. The van der Waals surface area contributed by atoms with Crippen LogP contribution in [-0.2, 0) is 9.53 Å². The van der Waals surface area contributed by atoms with Crippen LogP contribution in [0.25, 0.3) is 0 Å². The van der Waals surface area contributed by atoms with Crippen LogP contribution < -0.4 is 0 Å². The highest BCUT2D eigenvalue weighted by molar-refractivity contribution is 5.81. The van der Waals surface area contributed by atoms with Gasteiger partial charge in [0.15, 0.2) is 0 Å². The van der Waals surface area contributed by atoms with Crippen molar-refractivity contribution in [2.24, 2.45) is 5.41 Å². The van der Waals surface area contributed by atoms with Gasteiger partial charge in [-0.3, -0.25) is 0 Å². The minimum atomic E-state index is -0.299. The molecule has 0 amide bonds. The second-order valence-corrected chi connectivity index (χ2v) is 4.00. The molecule has 0 aromatic heterocycles. The summed E-state index contributed by atoms with van der Waals surface area (Å²) >= 11 is 0. The van der Waals surface area contributed by atoms with Crippen molar-refractivity contribution in [3.63, 3.8) is 0 Å². The topological polar surface area (TPSA) is 46.5 Å². The summed E-state index contributed by atoms with van der Waals surface area (Å²) in [5.74, 6) is -0.299. The van der Waals surface area contributed by atoms with E-state index in [2.05, 4.69) is 13.8 Å². The quantitative estimate of drug-likeness (QED) is 0.526. The summed E-state index contributed by atoms with van der Waals surface area (Å²) in [6.07, 6.45) is 4.75. The molecule has 0 aliphatic heterocycles. The van der Waals surface area contributed by atoms with Crippen molar-refractivity contribution < 1.29 is 14.6 Å². The van der Waals surface area contributed by atoms with E-state index in [0.29, 0.717) is 6.61 Å². The molecule has 0 bridgehead atoms. The van der Waals surface area contributed by atoms with Gasteiger partial charge < -0.3 is 9.84 Å². The molecule has 0 atom stereocenters. The summed E-state index contributed by atoms with van der Waals surface area (Å²) in [7, 11) is 0. The third-order valence-electron chi connectivity index (χ3n) is 2.00. The lowest BCUT2D eigenvalue weighted by Crippen LogP contribution is -2.12. The number of rotatable bonds is 6. The molecule has 0 aromatic rings. The third-order valence-corrected chi connectivity index (χ3v) is 2.00. The zero-order valence-electron chi connectivity index (χ0n) is 9.25. The number of allylic oxidation sites excluding steroid dienone is 1. The second-order valence-electron chi connectivity index (χ2n) is 4.00. The first-order valence-corrected chi connectivity index (χ1v) is 4.96. The van der Waals surface area contributed by atoms with Crippen molar-refractivity contribution in [1.82, 2.24) is 0 Å². The minimum absolute atomic E-state index is 0.0394. The molecule has 0 heterocycles. The van der Waals surface area contributed by atoms with Crippen LogP contribution in [0.2, 0.25) is 0 Å². The van der Waals surface area contributed by atoms with Gasteiger partial charge in [-0.05, 0) is 25.2 Å². The Balaban J connectivity index is 3.85. The molecule has 82 valence electrons. The number of carbonyl (C=O) groups is 1. The van der Waals surface area contributed by atoms with Crippen molar-refractivity contribution in [2.75, 3.05) is 13.2 Å². The van der Waals surface area contributed by atoms with Gasteiger partial charge in [-0.15, -0.1) is 0 Å². The van der Waals surface area contributed by atoms with Crippen LogP contribution in [0.1, 0.15) is 33.6 Å². The third kappa shape index (κ3) is 6.66. The number of hydrogen-bond acceptors (Lipinski definition) is 3. The first-order valence-electron chi connectivity index (χ1n) is 4.96. The molecule has 0 aliphatic rings. The van der Waals surface area contributed by atoms with Crippen molar-refractivity contribution in [1.29, 1.82) is 0 Å². The maximum atomic E-state index is 10.9. The lowest BCUT2D eigenvalue weighted by Gasteiger charge is -2.20. The van der Waals surface area contributed by atoms with Gasteiger partial charge in [0.05, 0.1) is 6.61 Å².